The van der Waals surface area contributed by atoms with E-state index in [1.165, 1.54) is 30.5 Å². The highest BCUT2D eigenvalue weighted by Gasteiger charge is 2.35. The van der Waals surface area contributed by atoms with Gasteiger partial charge in [0.25, 0.3) is 0 Å². The summed E-state index contributed by atoms with van der Waals surface area (Å²) in [6.45, 7) is 6.78. The minimum Gasteiger partial charge on any atom is -0.328 e. The van der Waals surface area contributed by atoms with Crippen LogP contribution < -0.4 is 5.73 Å². The van der Waals surface area contributed by atoms with Gasteiger partial charge in [0.15, 0.2) is 0 Å². The molecule has 1 aliphatic rings. The number of nitrogens with zero attached hydrogens (tertiary/aromatic N) is 1. The molecule has 0 saturated carbocycles. The van der Waals surface area contributed by atoms with Crippen LogP contribution in [0.15, 0.2) is 18.3 Å². The second-order valence-electron chi connectivity index (χ2n) is 6.16. The van der Waals surface area contributed by atoms with Crippen LogP contribution in [0.3, 0.4) is 0 Å². The summed E-state index contributed by atoms with van der Waals surface area (Å²) in [5.74, 6) is 0.568. The minimum atomic E-state index is 0.248. The van der Waals surface area contributed by atoms with Crippen molar-refractivity contribution in [3.63, 3.8) is 0 Å². The Morgan fingerprint density at radius 2 is 2.29 bits per heavy atom. The molecule has 0 amide bonds. The van der Waals surface area contributed by atoms with E-state index in [-0.39, 0.29) is 11.5 Å². The van der Waals surface area contributed by atoms with Crippen molar-refractivity contribution in [2.45, 2.75) is 58.4 Å². The molecule has 2 unspecified atom stereocenters. The quantitative estimate of drug-likeness (QED) is 0.868. The number of rotatable bonds is 3. The number of fused-ring (bicyclic) bond motifs is 1. The van der Waals surface area contributed by atoms with E-state index < -0.39 is 0 Å². The molecule has 0 bridgehead atoms. The highest BCUT2D eigenvalue weighted by Crippen LogP contribution is 2.45. The molecule has 2 nitrogen and oxygen atoms in total. The SMILES string of the molecule is CC(N)CC(C)(C)C1CCCc2cccnc21. The number of aryl methyl sites for hydroxylation is 1. The smallest absolute Gasteiger partial charge is 0.0471 e. The van der Waals surface area contributed by atoms with Crippen LogP contribution in [0.2, 0.25) is 0 Å². The molecule has 0 spiro atoms. The van der Waals surface area contributed by atoms with Gasteiger partial charge in [0.1, 0.15) is 0 Å². The predicted octanol–water partition coefficient (Wildman–Crippen LogP) is 3.27. The molecular weight excluding hydrogens is 208 g/mol. The summed E-state index contributed by atoms with van der Waals surface area (Å²) < 4.78 is 0. The van der Waals surface area contributed by atoms with E-state index in [9.17, 15) is 0 Å². The van der Waals surface area contributed by atoms with Gasteiger partial charge >= 0.3 is 0 Å². The molecule has 17 heavy (non-hydrogen) atoms. The third-order valence-electron chi connectivity index (χ3n) is 3.99. The standard InChI is InChI=1S/C15H24N2/c1-11(16)10-15(2,3)13-8-4-6-12-7-5-9-17-14(12)13/h5,7,9,11,13H,4,6,8,10,16H2,1-3H3. The van der Waals surface area contributed by atoms with E-state index in [0.29, 0.717) is 5.92 Å². The highest BCUT2D eigenvalue weighted by atomic mass is 14.7. The third-order valence-corrected chi connectivity index (χ3v) is 3.99. The van der Waals surface area contributed by atoms with Gasteiger partial charge in [-0.2, -0.15) is 0 Å². The van der Waals surface area contributed by atoms with Gasteiger partial charge in [-0.05, 0) is 49.7 Å². The number of aromatic nitrogens is 1. The molecular formula is C15H24N2. The van der Waals surface area contributed by atoms with Crippen LogP contribution in [0.5, 0.6) is 0 Å². The zero-order valence-electron chi connectivity index (χ0n) is 11.2. The average molecular weight is 232 g/mol. The fraction of sp³-hybridized carbons (Fsp3) is 0.667. The monoisotopic (exact) mass is 232 g/mol. The normalized spacial score (nSPS) is 22.0. The van der Waals surface area contributed by atoms with Crippen LogP contribution in [-0.4, -0.2) is 11.0 Å². The van der Waals surface area contributed by atoms with Crippen LogP contribution in [0.25, 0.3) is 0 Å². The lowest BCUT2D eigenvalue weighted by atomic mass is 9.68. The molecule has 1 aromatic heterocycles. The van der Waals surface area contributed by atoms with E-state index in [4.69, 9.17) is 5.73 Å². The van der Waals surface area contributed by atoms with Crippen LogP contribution in [0.1, 0.15) is 57.2 Å². The molecule has 0 fully saturated rings. The topological polar surface area (TPSA) is 38.9 Å². The lowest BCUT2D eigenvalue weighted by Crippen LogP contribution is -2.32. The Labute approximate surface area is 105 Å². The number of nitrogens with two attached hydrogens (primary N) is 1. The number of hydrogen-bond acceptors (Lipinski definition) is 2. The zero-order valence-corrected chi connectivity index (χ0v) is 11.2. The second-order valence-corrected chi connectivity index (χ2v) is 6.16. The van der Waals surface area contributed by atoms with Crippen LogP contribution >= 0.6 is 0 Å². The first-order chi connectivity index (χ1) is 8.00. The van der Waals surface area contributed by atoms with Crippen molar-refractivity contribution in [1.29, 1.82) is 0 Å². The molecule has 0 aromatic carbocycles. The fourth-order valence-corrected chi connectivity index (χ4v) is 3.34. The predicted molar refractivity (Wildman–Crippen MR) is 72.0 cm³/mol. The molecule has 1 aliphatic carbocycles. The summed E-state index contributed by atoms with van der Waals surface area (Å²) in [4.78, 5) is 4.63. The van der Waals surface area contributed by atoms with Crippen molar-refractivity contribution < 1.29 is 0 Å². The Balaban J connectivity index is 2.29. The zero-order chi connectivity index (χ0) is 12.5. The van der Waals surface area contributed by atoms with Gasteiger partial charge in [-0.25, -0.2) is 0 Å². The molecule has 0 radical (unpaired) electrons. The summed E-state index contributed by atoms with van der Waals surface area (Å²) in [6, 6.07) is 4.55. The van der Waals surface area contributed by atoms with Gasteiger partial charge in [0, 0.05) is 23.9 Å². The molecule has 0 aliphatic heterocycles. The lowest BCUT2D eigenvalue weighted by molar-refractivity contribution is 0.221. The third kappa shape index (κ3) is 2.68. The molecule has 2 atom stereocenters. The maximum atomic E-state index is 5.98. The Morgan fingerprint density at radius 3 is 3.00 bits per heavy atom. The van der Waals surface area contributed by atoms with E-state index in [1.807, 2.05) is 6.20 Å². The van der Waals surface area contributed by atoms with Crippen molar-refractivity contribution in [3.05, 3.63) is 29.6 Å². The Kier molecular flexibility index (Phi) is 3.53. The second kappa shape index (κ2) is 4.77. The average Bonchev–Trinajstić information content (AvgIpc) is 2.26. The van der Waals surface area contributed by atoms with Gasteiger partial charge in [-0.3, -0.25) is 4.98 Å². The van der Waals surface area contributed by atoms with Gasteiger partial charge < -0.3 is 5.73 Å². The van der Waals surface area contributed by atoms with Crippen molar-refractivity contribution in [2.24, 2.45) is 11.1 Å². The van der Waals surface area contributed by atoms with E-state index in [1.54, 1.807) is 0 Å². The molecule has 94 valence electrons. The van der Waals surface area contributed by atoms with Crippen LogP contribution in [0.4, 0.5) is 0 Å². The fourth-order valence-electron chi connectivity index (χ4n) is 3.34. The molecule has 1 heterocycles. The Morgan fingerprint density at radius 1 is 1.53 bits per heavy atom. The van der Waals surface area contributed by atoms with Crippen LogP contribution in [0, 0.1) is 5.41 Å². The van der Waals surface area contributed by atoms with E-state index in [2.05, 4.69) is 37.9 Å². The maximum Gasteiger partial charge on any atom is 0.0471 e. The van der Waals surface area contributed by atoms with Crippen molar-refractivity contribution in [2.75, 3.05) is 0 Å². The summed E-state index contributed by atoms with van der Waals surface area (Å²) >= 11 is 0. The molecule has 0 saturated heterocycles. The molecule has 1 aromatic rings. The first-order valence-electron chi connectivity index (χ1n) is 6.70. The Bertz CT molecular complexity index is 382. The van der Waals surface area contributed by atoms with Gasteiger partial charge in [0.2, 0.25) is 0 Å². The molecule has 2 heteroatoms. The van der Waals surface area contributed by atoms with Gasteiger partial charge in [-0.1, -0.05) is 19.9 Å². The molecule has 2 N–H and O–H groups in total. The van der Waals surface area contributed by atoms with Gasteiger partial charge in [-0.15, -0.1) is 0 Å². The lowest BCUT2D eigenvalue weighted by Gasteiger charge is -2.38. The summed E-state index contributed by atoms with van der Waals surface area (Å²) in [5, 5.41) is 0. The number of pyridine rings is 1. The van der Waals surface area contributed by atoms with Crippen LogP contribution in [-0.2, 0) is 6.42 Å². The number of hydrogen-bond donors (Lipinski definition) is 1. The first-order valence-corrected chi connectivity index (χ1v) is 6.70. The summed E-state index contributed by atoms with van der Waals surface area (Å²) in [5.41, 5.74) is 9.00. The Hall–Kier alpha value is -0.890. The largest absolute Gasteiger partial charge is 0.328 e. The first kappa shape index (κ1) is 12.6. The van der Waals surface area contributed by atoms with E-state index >= 15 is 0 Å². The maximum absolute atomic E-state index is 5.98. The van der Waals surface area contributed by atoms with Crippen molar-refractivity contribution in [3.8, 4) is 0 Å². The van der Waals surface area contributed by atoms with Gasteiger partial charge in [0.05, 0.1) is 0 Å². The minimum absolute atomic E-state index is 0.248. The summed E-state index contributed by atoms with van der Waals surface area (Å²) in [7, 11) is 0. The highest BCUT2D eigenvalue weighted by molar-refractivity contribution is 5.27. The van der Waals surface area contributed by atoms with Crippen molar-refractivity contribution in [1.82, 2.24) is 4.98 Å². The summed E-state index contributed by atoms with van der Waals surface area (Å²) in [6.07, 6.45) is 6.72. The van der Waals surface area contributed by atoms with Crippen molar-refractivity contribution >= 4 is 0 Å². The van der Waals surface area contributed by atoms with E-state index in [0.717, 1.165) is 6.42 Å². The molecule has 2 rings (SSSR count).